The van der Waals surface area contributed by atoms with E-state index in [1.807, 2.05) is 0 Å². The molecule has 0 bridgehead atoms. The van der Waals surface area contributed by atoms with Crippen molar-refractivity contribution in [3.63, 3.8) is 0 Å². The van der Waals surface area contributed by atoms with Gasteiger partial charge in [0, 0.05) is 39.9 Å². The molecule has 8 nitrogen and oxygen atoms in total. The Hall–Kier alpha value is -0.170. The zero-order valence-corrected chi connectivity index (χ0v) is 18.7. The Morgan fingerprint density at radius 3 is 2.62 bits per heavy atom. The van der Waals surface area contributed by atoms with Gasteiger partial charge in [0.25, 0.3) is 0 Å². The maximum atomic E-state index is 11.9. The average Bonchev–Trinajstić information content (AvgIpc) is 3.04. The van der Waals surface area contributed by atoms with Crippen LogP contribution in [-0.4, -0.2) is 72.7 Å². The third-order valence-corrected chi connectivity index (χ3v) is 5.91. The highest BCUT2D eigenvalue weighted by Gasteiger charge is 2.20. The van der Waals surface area contributed by atoms with E-state index >= 15 is 0 Å². The molecule has 0 amide bonds. The molecule has 1 atom stereocenters. The Labute approximate surface area is 174 Å². The second kappa shape index (κ2) is 13.1. The number of sulfonamides is 1. The Kier molecular flexibility index (Phi) is 12.0. The first-order valence-corrected chi connectivity index (χ1v) is 10.9. The standard InChI is InChI=1S/C16H32N4O4S.HI/c1-17-16(18-7-3-9-24-15-6-10-23-13-15)19-8-11-25(21,22)20-12-14-4-2-5-14;/h14-15,20H,2-13H2,1H3,(H2,17,18,19);1H. The van der Waals surface area contributed by atoms with Crippen LogP contribution in [0.4, 0.5) is 0 Å². The topological polar surface area (TPSA) is 101 Å². The van der Waals surface area contributed by atoms with E-state index in [1.54, 1.807) is 7.05 Å². The van der Waals surface area contributed by atoms with Gasteiger partial charge in [-0.05, 0) is 31.6 Å². The number of guanidine groups is 1. The van der Waals surface area contributed by atoms with Gasteiger partial charge in [-0.3, -0.25) is 4.99 Å². The van der Waals surface area contributed by atoms with Crippen molar-refractivity contribution in [3.05, 3.63) is 0 Å². The van der Waals surface area contributed by atoms with E-state index in [9.17, 15) is 8.42 Å². The summed E-state index contributed by atoms with van der Waals surface area (Å²) in [6, 6.07) is 0. The predicted octanol–water partition coefficient (Wildman–Crippen LogP) is 0.685. The molecule has 1 unspecified atom stereocenters. The van der Waals surface area contributed by atoms with Crippen molar-refractivity contribution in [1.29, 1.82) is 0 Å². The molecule has 1 heterocycles. The van der Waals surface area contributed by atoms with Gasteiger partial charge in [-0.1, -0.05) is 6.42 Å². The van der Waals surface area contributed by atoms with Crippen LogP contribution in [0.3, 0.4) is 0 Å². The summed E-state index contributed by atoms with van der Waals surface area (Å²) in [6.07, 6.45) is 5.55. The van der Waals surface area contributed by atoms with Crippen LogP contribution in [0.1, 0.15) is 32.1 Å². The second-order valence-corrected chi connectivity index (χ2v) is 8.53. The highest BCUT2D eigenvalue weighted by Crippen LogP contribution is 2.25. The molecule has 2 fully saturated rings. The van der Waals surface area contributed by atoms with Crippen LogP contribution in [-0.2, 0) is 19.5 Å². The monoisotopic (exact) mass is 504 g/mol. The second-order valence-electron chi connectivity index (χ2n) is 6.60. The van der Waals surface area contributed by atoms with Gasteiger partial charge in [-0.2, -0.15) is 0 Å². The minimum atomic E-state index is -3.22. The van der Waals surface area contributed by atoms with Crippen LogP contribution in [0.25, 0.3) is 0 Å². The van der Waals surface area contributed by atoms with Crippen molar-refractivity contribution in [3.8, 4) is 0 Å². The molecule has 26 heavy (non-hydrogen) atoms. The first kappa shape index (κ1) is 23.9. The summed E-state index contributed by atoms with van der Waals surface area (Å²) in [5, 5.41) is 6.19. The average molecular weight is 504 g/mol. The van der Waals surface area contributed by atoms with Crippen molar-refractivity contribution >= 4 is 40.0 Å². The molecule has 0 spiro atoms. The van der Waals surface area contributed by atoms with Crippen LogP contribution in [0.2, 0.25) is 0 Å². The summed E-state index contributed by atoms with van der Waals surface area (Å²) < 4.78 is 37.5. The van der Waals surface area contributed by atoms with Gasteiger partial charge in [0.15, 0.2) is 5.96 Å². The lowest BCUT2D eigenvalue weighted by molar-refractivity contribution is 0.0420. The molecule has 0 aromatic heterocycles. The van der Waals surface area contributed by atoms with E-state index in [0.717, 1.165) is 38.8 Å². The first-order chi connectivity index (χ1) is 12.1. The molecular formula is C16H33IN4O4S. The minimum Gasteiger partial charge on any atom is -0.379 e. The molecule has 1 saturated heterocycles. The maximum absolute atomic E-state index is 11.9. The third kappa shape index (κ3) is 9.67. The largest absolute Gasteiger partial charge is 0.379 e. The molecule has 2 aliphatic rings. The predicted molar refractivity (Wildman–Crippen MR) is 114 cm³/mol. The molecule has 1 aliphatic heterocycles. The molecular weight excluding hydrogens is 471 g/mol. The molecule has 10 heteroatoms. The van der Waals surface area contributed by atoms with E-state index in [2.05, 4.69) is 20.3 Å². The lowest BCUT2D eigenvalue weighted by Crippen LogP contribution is -2.42. The van der Waals surface area contributed by atoms with Crippen LogP contribution in [0, 0.1) is 5.92 Å². The van der Waals surface area contributed by atoms with Crippen molar-refractivity contribution in [2.75, 3.05) is 52.3 Å². The van der Waals surface area contributed by atoms with Gasteiger partial charge >= 0.3 is 0 Å². The molecule has 1 saturated carbocycles. The summed E-state index contributed by atoms with van der Waals surface area (Å²) >= 11 is 0. The summed E-state index contributed by atoms with van der Waals surface area (Å²) in [7, 11) is -1.55. The number of halogens is 1. The summed E-state index contributed by atoms with van der Waals surface area (Å²) in [4.78, 5) is 4.10. The van der Waals surface area contributed by atoms with Crippen LogP contribution in [0.15, 0.2) is 4.99 Å². The number of hydrogen-bond donors (Lipinski definition) is 3. The smallest absolute Gasteiger partial charge is 0.213 e. The van der Waals surface area contributed by atoms with Crippen LogP contribution >= 0.6 is 24.0 Å². The zero-order chi connectivity index (χ0) is 18.0. The molecule has 3 N–H and O–H groups in total. The van der Waals surface area contributed by atoms with Gasteiger partial charge in [0.1, 0.15) is 0 Å². The molecule has 0 radical (unpaired) electrons. The van der Waals surface area contributed by atoms with E-state index in [4.69, 9.17) is 9.47 Å². The van der Waals surface area contributed by atoms with Crippen LogP contribution < -0.4 is 15.4 Å². The van der Waals surface area contributed by atoms with Crippen molar-refractivity contribution in [1.82, 2.24) is 15.4 Å². The highest BCUT2D eigenvalue weighted by molar-refractivity contribution is 14.0. The van der Waals surface area contributed by atoms with Crippen molar-refractivity contribution < 1.29 is 17.9 Å². The van der Waals surface area contributed by atoms with Crippen molar-refractivity contribution in [2.45, 2.75) is 38.2 Å². The Balaban J connectivity index is 0.00000338. The fraction of sp³-hybridized carbons (Fsp3) is 0.938. The lowest BCUT2D eigenvalue weighted by atomic mass is 9.86. The van der Waals surface area contributed by atoms with Crippen LogP contribution in [0.5, 0.6) is 0 Å². The zero-order valence-electron chi connectivity index (χ0n) is 15.5. The van der Waals surface area contributed by atoms with E-state index in [1.165, 1.54) is 6.42 Å². The van der Waals surface area contributed by atoms with Gasteiger partial charge < -0.3 is 20.1 Å². The van der Waals surface area contributed by atoms with Gasteiger partial charge in [0.05, 0.1) is 18.5 Å². The van der Waals surface area contributed by atoms with E-state index < -0.39 is 10.0 Å². The Bertz CT molecular complexity index is 508. The van der Waals surface area contributed by atoms with Crippen molar-refractivity contribution in [2.24, 2.45) is 10.9 Å². The number of hydrogen-bond acceptors (Lipinski definition) is 5. The fourth-order valence-electron chi connectivity index (χ4n) is 2.71. The Morgan fingerprint density at radius 2 is 2.00 bits per heavy atom. The molecule has 0 aromatic rings. The SMILES string of the molecule is CN=C(NCCCOC1CCOC1)NCCS(=O)(=O)NCC1CCC1.I. The fourth-order valence-corrected chi connectivity index (χ4v) is 3.72. The molecule has 1 aliphatic carbocycles. The number of nitrogens with one attached hydrogen (secondary N) is 3. The number of ether oxygens (including phenoxy) is 2. The highest BCUT2D eigenvalue weighted by atomic mass is 127. The van der Waals surface area contributed by atoms with Gasteiger partial charge in [-0.15, -0.1) is 24.0 Å². The quantitative estimate of drug-likeness (QED) is 0.166. The first-order valence-electron chi connectivity index (χ1n) is 9.20. The summed E-state index contributed by atoms with van der Waals surface area (Å²) in [6.45, 7) is 3.78. The van der Waals surface area contributed by atoms with E-state index in [0.29, 0.717) is 38.2 Å². The molecule has 2 rings (SSSR count). The van der Waals surface area contributed by atoms with E-state index in [-0.39, 0.29) is 35.8 Å². The van der Waals surface area contributed by atoms with Gasteiger partial charge in [-0.25, -0.2) is 13.1 Å². The number of aliphatic imine (C=N–C) groups is 1. The van der Waals surface area contributed by atoms with Gasteiger partial charge in [0.2, 0.25) is 10.0 Å². The lowest BCUT2D eigenvalue weighted by Gasteiger charge is -2.25. The maximum Gasteiger partial charge on any atom is 0.213 e. The molecule has 154 valence electrons. The number of rotatable bonds is 11. The normalized spacial score (nSPS) is 21.1. The minimum absolute atomic E-state index is 0. The summed E-state index contributed by atoms with van der Waals surface area (Å²) in [5.74, 6) is 1.18. The molecule has 0 aromatic carbocycles. The third-order valence-electron chi connectivity index (χ3n) is 4.56. The summed E-state index contributed by atoms with van der Waals surface area (Å²) in [5.41, 5.74) is 0. The Morgan fingerprint density at radius 1 is 1.23 bits per heavy atom. The number of nitrogens with zero attached hydrogens (tertiary/aromatic N) is 1.